The number of carbonyl (C=O) groups excluding carboxylic acids is 1. The van der Waals surface area contributed by atoms with E-state index < -0.39 is 15.9 Å². The first-order valence-electron chi connectivity index (χ1n) is 10.2. The monoisotopic (exact) mass is 516 g/mol. The second kappa shape index (κ2) is 9.88. The van der Waals surface area contributed by atoms with Gasteiger partial charge in [0.15, 0.2) is 0 Å². The number of ether oxygens (including phenoxy) is 1. The molecule has 0 fully saturated rings. The van der Waals surface area contributed by atoms with Crippen molar-refractivity contribution < 1.29 is 17.9 Å². The highest BCUT2D eigenvalue weighted by atomic mass is 35.5. The first-order valence-corrected chi connectivity index (χ1v) is 12.9. The van der Waals surface area contributed by atoms with Crippen LogP contribution in [-0.2, 0) is 10.0 Å². The number of amides is 1. The highest BCUT2D eigenvalue weighted by Crippen LogP contribution is 2.37. The summed E-state index contributed by atoms with van der Waals surface area (Å²) in [6.45, 7) is 2.04. The van der Waals surface area contributed by atoms with E-state index in [1.807, 2.05) is 6.07 Å². The molecule has 0 bridgehead atoms. The van der Waals surface area contributed by atoms with Crippen molar-refractivity contribution in [1.82, 2.24) is 10.4 Å². The van der Waals surface area contributed by atoms with Crippen molar-refractivity contribution in [1.29, 1.82) is 0 Å². The zero-order chi connectivity index (χ0) is 24.3. The number of anilines is 2. The number of nitrogens with one attached hydrogen (secondary N) is 2. The van der Waals surface area contributed by atoms with Crippen molar-refractivity contribution in [2.24, 2.45) is 0 Å². The van der Waals surface area contributed by atoms with E-state index in [0.29, 0.717) is 27.1 Å². The van der Waals surface area contributed by atoms with Crippen LogP contribution < -0.4 is 19.9 Å². The van der Waals surface area contributed by atoms with Crippen LogP contribution in [0.5, 0.6) is 5.75 Å². The topological polar surface area (TPSA) is 101 Å². The van der Waals surface area contributed by atoms with E-state index in [2.05, 4.69) is 15.8 Å². The molecular formula is C23H21ClN4O4S2. The van der Waals surface area contributed by atoms with E-state index in [1.165, 1.54) is 39.9 Å². The summed E-state index contributed by atoms with van der Waals surface area (Å²) < 4.78 is 33.6. The van der Waals surface area contributed by atoms with E-state index in [4.69, 9.17) is 16.3 Å². The molecule has 4 aromatic rings. The molecule has 0 aliphatic heterocycles. The van der Waals surface area contributed by atoms with Gasteiger partial charge in [0.25, 0.3) is 15.9 Å². The number of fused-ring (bicyclic) bond motifs is 1. The van der Waals surface area contributed by atoms with E-state index >= 15 is 0 Å². The zero-order valence-corrected chi connectivity index (χ0v) is 20.7. The van der Waals surface area contributed by atoms with E-state index in [-0.39, 0.29) is 17.0 Å². The van der Waals surface area contributed by atoms with Crippen molar-refractivity contribution in [3.63, 3.8) is 0 Å². The molecule has 0 radical (unpaired) electrons. The number of para-hydroxylation sites is 1. The van der Waals surface area contributed by atoms with Crippen molar-refractivity contribution >= 4 is 59.9 Å². The third-order valence-corrected chi connectivity index (χ3v) is 8.35. The number of carbonyl (C=O) groups is 1. The summed E-state index contributed by atoms with van der Waals surface area (Å²) in [6, 6.07) is 18.0. The van der Waals surface area contributed by atoms with Crippen LogP contribution in [0.2, 0.25) is 5.02 Å². The molecule has 1 aromatic heterocycles. The number of thiazole rings is 1. The van der Waals surface area contributed by atoms with Gasteiger partial charge >= 0.3 is 0 Å². The normalized spacial score (nSPS) is 11.3. The predicted molar refractivity (Wildman–Crippen MR) is 135 cm³/mol. The van der Waals surface area contributed by atoms with Crippen LogP contribution in [0.25, 0.3) is 10.2 Å². The van der Waals surface area contributed by atoms with Gasteiger partial charge in [-0.05, 0) is 55.5 Å². The van der Waals surface area contributed by atoms with E-state index in [9.17, 15) is 13.2 Å². The van der Waals surface area contributed by atoms with Crippen LogP contribution in [0.1, 0.15) is 17.3 Å². The smallest absolute Gasteiger partial charge is 0.269 e. The van der Waals surface area contributed by atoms with Crippen molar-refractivity contribution in [3.05, 3.63) is 77.3 Å². The Hall–Kier alpha value is -3.34. The maximum Gasteiger partial charge on any atom is 0.269 e. The summed E-state index contributed by atoms with van der Waals surface area (Å²) in [5.41, 5.74) is 6.78. The zero-order valence-electron chi connectivity index (χ0n) is 18.3. The van der Waals surface area contributed by atoms with Crippen LogP contribution in [-0.4, -0.2) is 33.0 Å². The fourth-order valence-electron chi connectivity index (χ4n) is 3.34. The quantitative estimate of drug-likeness (QED) is 0.322. The van der Waals surface area contributed by atoms with Crippen LogP contribution in [0.4, 0.5) is 10.8 Å². The summed E-state index contributed by atoms with van der Waals surface area (Å²) in [6.07, 6.45) is 0. The standard InChI is InChI=1S/C23H21ClN4O4S2/c1-3-28(16-7-5-4-6-8-16)34(30,31)17-11-9-15(10-12-17)22(29)26-27-23-25-20-19(32-2)14-13-18(24)21(20)33-23/h4-14H,3H2,1-2H3,(H,25,27)(H,26,29). The molecule has 0 saturated carbocycles. The molecule has 1 amide bonds. The van der Waals surface area contributed by atoms with Crippen LogP contribution >= 0.6 is 22.9 Å². The molecule has 0 atom stereocenters. The summed E-state index contributed by atoms with van der Waals surface area (Å²) in [4.78, 5) is 17.1. The Morgan fingerprint density at radius 3 is 2.44 bits per heavy atom. The van der Waals surface area contributed by atoms with Crippen molar-refractivity contribution in [2.75, 3.05) is 23.4 Å². The Morgan fingerprint density at radius 1 is 1.09 bits per heavy atom. The number of hydrogen-bond acceptors (Lipinski definition) is 7. The molecule has 0 aliphatic rings. The largest absolute Gasteiger partial charge is 0.494 e. The van der Waals surface area contributed by atoms with Crippen molar-refractivity contribution in [3.8, 4) is 5.75 Å². The number of hydrazine groups is 1. The molecule has 2 N–H and O–H groups in total. The number of hydrogen-bond donors (Lipinski definition) is 2. The Kier molecular flexibility index (Phi) is 6.92. The number of nitrogens with zero attached hydrogens (tertiary/aromatic N) is 2. The molecule has 0 aliphatic carbocycles. The summed E-state index contributed by atoms with van der Waals surface area (Å²) in [5.74, 6) is 0.125. The molecule has 176 valence electrons. The second-order valence-corrected chi connectivity index (χ2v) is 10.3. The van der Waals surface area contributed by atoms with Gasteiger partial charge in [-0.3, -0.25) is 20.0 Å². The van der Waals surface area contributed by atoms with Gasteiger partial charge in [-0.15, -0.1) is 0 Å². The van der Waals surface area contributed by atoms with Crippen molar-refractivity contribution in [2.45, 2.75) is 11.8 Å². The van der Waals surface area contributed by atoms with Crippen LogP contribution in [0.3, 0.4) is 0 Å². The Balaban J connectivity index is 1.48. The summed E-state index contributed by atoms with van der Waals surface area (Å²) in [5, 5.41) is 0.955. The van der Waals surface area contributed by atoms with Gasteiger partial charge in [-0.1, -0.05) is 41.1 Å². The van der Waals surface area contributed by atoms with Gasteiger partial charge in [0.05, 0.1) is 27.4 Å². The average Bonchev–Trinajstić information content (AvgIpc) is 3.29. The SMILES string of the molecule is CCN(c1ccccc1)S(=O)(=O)c1ccc(C(=O)NNc2nc3c(OC)ccc(Cl)c3s2)cc1. The molecule has 0 unspecified atom stereocenters. The molecular weight excluding hydrogens is 496 g/mol. The third kappa shape index (κ3) is 4.65. The highest BCUT2D eigenvalue weighted by Gasteiger charge is 2.23. The Morgan fingerprint density at radius 2 is 1.79 bits per heavy atom. The minimum absolute atomic E-state index is 0.0932. The van der Waals surface area contributed by atoms with E-state index in [1.54, 1.807) is 50.4 Å². The van der Waals surface area contributed by atoms with Gasteiger partial charge in [-0.2, -0.15) is 0 Å². The lowest BCUT2D eigenvalue weighted by Crippen LogP contribution is -2.31. The molecule has 8 nitrogen and oxygen atoms in total. The maximum absolute atomic E-state index is 13.1. The number of rotatable bonds is 8. The fourth-order valence-corrected chi connectivity index (χ4v) is 5.93. The van der Waals surface area contributed by atoms with Gasteiger partial charge in [0.1, 0.15) is 11.3 Å². The minimum atomic E-state index is -3.77. The molecule has 3 aromatic carbocycles. The highest BCUT2D eigenvalue weighted by molar-refractivity contribution is 7.92. The molecule has 0 spiro atoms. The second-order valence-electron chi connectivity index (χ2n) is 7.06. The maximum atomic E-state index is 13.1. The average molecular weight is 517 g/mol. The molecule has 1 heterocycles. The van der Waals surface area contributed by atoms with Gasteiger partial charge in [0, 0.05) is 12.1 Å². The number of halogens is 1. The Bertz CT molecular complexity index is 1420. The minimum Gasteiger partial charge on any atom is -0.494 e. The lowest BCUT2D eigenvalue weighted by atomic mass is 10.2. The summed E-state index contributed by atoms with van der Waals surface area (Å²) in [7, 11) is -2.23. The van der Waals surface area contributed by atoms with Crippen LogP contribution in [0.15, 0.2) is 71.6 Å². The van der Waals surface area contributed by atoms with Gasteiger partial charge < -0.3 is 4.74 Å². The molecule has 11 heteroatoms. The number of benzene rings is 3. The molecule has 34 heavy (non-hydrogen) atoms. The Labute approximate surface area is 206 Å². The number of sulfonamides is 1. The first kappa shape index (κ1) is 23.8. The van der Waals surface area contributed by atoms with Gasteiger partial charge in [-0.25, -0.2) is 13.4 Å². The van der Waals surface area contributed by atoms with Crippen LogP contribution in [0, 0.1) is 0 Å². The predicted octanol–water partition coefficient (Wildman–Crippen LogP) is 4.93. The molecule has 4 rings (SSSR count). The van der Waals surface area contributed by atoms with E-state index in [0.717, 1.165) is 4.70 Å². The molecule has 0 saturated heterocycles. The third-order valence-electron chi connectivity index (χ3n) is 5.00. The first-order chi connectivity index (χ1) is 16.3. The number of methoxy groups -OCH3 is 1. The lowest BCUT2D eigenvalue weighted by molar-refractivity contribution is 0.0962. The fraction of sp³-hybridized carbons (Fsp3) is 0.130. The van der Waals surface area contributed by atoms with Gasteiger partial charge in [0.2, 0.25) is 5.13 Å². The number of aromatic nitrogens is 1. The summed E-state index contributed by atoms with van der Waals surface area (Å²) >= 11 is 7.49. The lowest BCUT2D eigenvalue weighted by Gasteiger charge is -2.23.